The number of aliphatic carboxylic acids is 1. The fourth-order valence-corrected chi connectivity index (χ4v) is 1.64. The molecule has 0 aliphatic rings. The van der Waals surface area contributed by atoms with Crippen LogP contribution in [0.4, 0.5) is 0 Å². The van der Waals surface area contributed by atoms with E-state index in [2.05, 4.69) is 20.5 Å². The van der Waals surface area contributed by atoms with Crippen LogP contribution in [0.1, 0.15) is 43.6 Å². The normalized spacial score (nSPS) is 12.4. The third-order valence-electron chi connectivity index (χ3n) is 2.83. The Hall–Kier alpha value is -1.92. The molecule has 7 heteroatoms. The van der Waals surface area contributed by atoms with E-state index in [0.29, 0.717) is 5.82 Å². The van der Waals surface area contributed by atoms with Crippen LogP contribution in [0.3, 0.4) is 0 Å². The number of amides is 1. The molecule has 0 aliphatic heterocycles. The Bertz CT molecular complexity index is 442. The van der Waals surface area contributed by atoms with Crippen molar-refractivity contribution in [1.82, 2.24) is 20.5 Å². The van der Waals surface area contributed by atoms with E-state index < -0.39 is 17.8 Å². The number of aryl methyl sites for hydroxylation is 1. The van der Waals surface area contributed by atoms with Crippen molar-refractivity contribution in [2.45, 2.75) is 33.6 Å². The van der Waals surface area contributed by atoms with Gasteiger partial charge in [0.15, 0.2) is 0 Å². The highest BCUT2D eigenvalue weighted by atomic mass is 16.4. The van der Waals surface area contributed by atoms with Crippen molar-refractivity contribution in [3.8, 4) is 0 Å². The minimum atomic E-state index is -0.919. The molecule has 1 atom stereocenters. The van der Waals surface area contributed by atoms with Crippen LogP contribution >= 0.6 is 0 Å². The lowest BCUT2D eigenvalue weighted by atomic mass is 9.96. The zero-order valence-corrected chi connectivity index (χ0v) is 11.4. The van der Waals surface area contributed by atoms with Crippen molar-refractivity contribution in [3.63, 3.8) is 0 Å². The maximum atomic E-state index is 11.8. The molecular weight excluding hydrogens is 248 g/mol. The summed E-state index contributed by atoms with van der Waals surface area (Å²) in [6, 6.07) is 0. The fourth-order valence-electron chi connectivity index (χ4n) is 1.64. The molecule has 1 amide bonds. The summed E-state index contributed by atoms with van der Waals surface area (Å²) in [4.78, 5) is 26.8. The van der Waals surface area contributed by atoms with Crippen LogP contribution in [0.15, 0.2) is 0 Å². The quantitative estimate of drug-likeness (QED) is 0.679. The van der Waals surface area contributed by atoms with Crippen LogP contribution in [0.2, 0.25) is 0 Å². The van der Waals surface area contributed by atoms with Crippen molar-refractivity contribution in [2.24, 2.45) is 11.8 Å². The highest BCUT2D eigenvalue weighted by molar-refractivity contribution is 5.90. The van der Waals surface area contributed by atoms with Crippen LogP contribution in [-0.2, 0) is 11.2 Å². The fraction of sp³-hybridized carbons (Fsp3) is 0.667. The van der Waals surface area contributed by atoms with Gasteiger partial charge in [-0.25, -0.2) is 4.98 Å². The minimum Gasteiger partial charge on any atom is -0.481 e. The van der Waals surface area contributed by atoms with E-state index in [1.807, 2.05) is 6.92 Å². The molecule has 19 heavy (non-hydrogen) atoms. The second-order valence-corrected chi connectivity index (χ2v) is 4.75. The molecule has 7 nitrogen and oxygen atoms in total. The predicted octanol–water partition coefficient (Wildman–Crippen LogP) is 0.844. The number of rotatable bonds is 7. The molecule has 0 spiro atoms. The molecule has 1 rings (SSSR count). The number of carbonyl (C=O) groups excluding carboxylic acids is 1. The smallest absolute Gasteiger partial charge is 0.308 e. The third-order valence-corrected chi connectivity index (χ3v) is 2.83. The zero-order chi connectivity index (χ0) is 14.4. The van der Waals surface area contributed by atoms with Gasteiger partial charge < -0.3 is 10.4 Å². The number of carboxylic acid groups (broad SMARTS) is 1. The molecule has 0 saturated carbocycles. The van der Waals surface area contributed by atoms with Gasteiger partial charge in [-0.2, -0.15) is 0 Å². The second-order valence-electron chi connectivity index (χ2n) is 4.75. The average molecular weight is 268 g/mol. The van der Waals surface area contributed by atoms with Gasteiger partial charge in [-0.15, -0.1) is 5.10 Å². The SMILES string of the molecule is CCCc1nc(C(=O)NCC(C(=O)O)C(C)C)n[nH]1. The highest BCUT2D eigenvalue weighted by Gasteiger charge is 2.23. The van der Waals surface area contributed by atoms with Crippen LogP contribution < -0.4 is 5.32 Å². The largest absolute Gasteiger partial charge is 0.481 e. The van der Waals surface area contributed by atoms with E-state index in [1.165, 1.54) is 0 Å². The highest BCUT2D eigenvalue weighted by Crippen LogP contribution is 2.09. The number of nitrogens with zero attached hydrogens (tertiary/aromatic N) is 2. The molecular formula is C12H20N4O3. The van der Waals surface area contributed by atoms with Crippen molar-refractivity contribution in [1.29, 1.82) is 0 Å². The summed E-state index contributed by atoms with van der Waals surface area (Å²) in [5.41, 5.74) is 0. The standard InChI is InChI=1S/C12H20N4O3/c1-4-5-9-14-10(16-15-9)11(17)13-6-8(7(2)3)12(18)19/h7-8H,4-6H2,1-3H3,(H,13,17)(H,18,19)(H,14,15,16). The van der Waals surface area contributed by atoms with E-state index >= 15 is 0 Å². The lowest BCUT2D eigenvalue weighted by Gasteiger charge is -2.15. The Morgan fingerprint density at radius 2 is 2.11 bits per heavy atom. The van der Waals surface area contributed by atoms with Gasteiger partial charge in [0.2, 0.25) is 5.82 Å². The zero-order valence-electron chi connectivity index (χ0n) is 11.4. The number of H-pyrrole nitrogens is 1. The molecule has 0 saturated heterocycles. The summed E-state index contributed by atoms with van der Waals surface area (Å²) in [5, 5.41) is 18.1. The van der Waals surface area contributed by atoms with Gasteiger partial charge in [-0.1, -0.05) is 20.8 Å². The first-order valence-electron chi connectivity index (χ1n) is 6.38. The lowest BCUT2D eigenvalue weighted by Crippen LogP contribution is -2.36. The molecule has 1 unspecified atom stereocenters. The van der Waals surface area contributed by atoms with E-state index in [1.54, 1.807) is 13.8 Å². The average Bonchev–Trinajstić information content (AvgIpc) is 2.77. The first-order valence-corrected chi connectivity index (χ1v) is 6.38. The van der Waals surface area contributed by atoms with E-state index in [4.69, 9.17) is 5.11 Å². The van der Waals surface area contributed by atoms with Crippen LogP contribution in [0.5, 0.6) is 0 Å². The van der Waals surface area contributed by atoms with Crippen LogP contribution in [0, 0.1) is 11.8 Å². The van der Waals surface area contributed by atoms with Crippen molar-refractivity contribution in [2.75, 3.05) is 6.54 Å². The van der Waals surface area contributed by atoms with Crippen molar-refractivity contribution in [3.05, 3.63) is 11.6 Å². The first kappa shape index (κ1) is 15.1. The Balaban J connectivity index is 2.56. The summed E-state index contributed by atoms with van der Waals surface area (Å²) < 4.78 is 0. The molecule has 3 N–H and O–H groups in total. The summed E-state index contributed by atoms with van der Waals surface area (Å²) >= 11 is 0. The van der Waals surface area contributed by atoms with Crippen LogP contribution in [-0.4, -0.2) is 38.7 Å². The third kappa shape index (κ3) is 4.35. The number of carboxylic acids is 1. The lowest BCUT2D eigenvalue weighted by molar-refractivity contribution is -0.142. The summed E-state index contributed by atoms with van der Waals surface area (Å²) in [6.07, 6.45) is 1.63. The van der Waals surface area contributed by atoms with Gasteiger partial charge in [-0.05, 0) is 12.3 Å². The number of nitrogens with one attached hydrogen (secondary N) is 2. The Morgan fingerprint density at radius 1 is 1.42 bits per heavy atom. The number of carbonyl (C=O) groups is 2. The Labute approximate surface area is 111 Å². The predicted molar refractivity (Wildman–Crippen MR) is 68.7 cm³/mol. The van der Waals surface area contributed by atoms with Gasteiger partial charge in [-0.3, -0.25) is 14.7 Å². The molecule has 106 valence electrons. The molecule has 0 aliphatic carbocycles. The molecule has 1 heterocycles. The van der Waals surface area contributed by atoms with Crippen molar-refractivity contribution >= 4 is 11.9 Å². The van der Waals surface area contributed by atoms with E-state index in [0.717, 1.165) is 12.8 Å². The first-order chi connectivity index (χ1) is 8.95. The Morgan fingerprint density at radius 3 is 2.63 bits per heavy atom. The molecule has 0 aromatic carbocycles. The summed E-state index contributed by atoms with van der Waals surface area (Å²) in [5.74, 6) is -1.33. The summed E-state index contributed by atoms with van der Waals surface area (Å²) in [6.45, 7) is 5.68. The minimum absolute atomic E-state index is 0.0522. The van der Waals surface area contributed by atoms with E-state index in [-0.39, 0.29) is 18.3 Å². The molecule has 1 aromatic heterocycles. The topological polar surface area (TPSA) is 108 Å². The summed E-state index contributed by atoms with van der Waals surface area (Å²) in [7, 11) is 0. The Kier molecular flexibility index (Phi) is 5.47. The number of hydrogen-bond acceptors (Lipinski definition) is 4. The second kappa shape index (κ2) is 6.86. The maximum Gasteiger partial charge on any atom is 0.308 e. The molecule has 0 bridgehead atoms. The molecule has 0 radical (unpaired) electrons. The maximum absolute atomic E-state index is 11.8. The molecule has 0 fully saturated rings. The van der Waals surface area contributed by atoms with Gasteiger partial charge in [0, 0.05) is 13.0 Å². The number of hydrogen-bond donors (Lipinski definition) is 3. The van der Waals surface area contributed by atoms with Gasteiger partial charge in [0.1, 0.15) is 5.82 Å². The van der Waals surface area contributed by atoms with Gasteiger partial charge in [0.05, 0.1) is 5.92 Å². The number of aromatic nitrogens is 3. The number of aromatic amines is 1. The van der Waals surface area contributed by atoms with Crippen molar-refractivity contribution < 1.29 is 14.7 Å². The molecule has 1 aromatic rings. The van der Waals surface area contributed by atoms with Crippen LogP contribution in [0.25, 0.3) is 0 Å². The van der Waals surface area contributed by atoms with E-state index in [9.17, 15) is 9.59 Å². The van der Waals surface area contributed by atoms with Gasteiger partial charge in [0.25, 0.3) is 5.91 Å². The van der Waals surface area contributed by atoms with Gasteiger partial charge >= 0.3 is 5.97 Å². The monoisotopic (exact) mass is 268 g/mol.